The van der Waals surface area contributed by atoms with Crippen molar-refractivity contribution in [2.45, 2.75) is 361 Å². The number of allylic oxidation sites excluding steroid dienone is 2. The number of unbranched alkanes of at least 4 members (excludes halogenated alkanes) is 45. The molecule has 0 aromatic heterocycles. The molecule has 0 N–H and O–H groups in total. The molecule has 408 valence electrons. The van der Waals surface area contributed by atoms with Gasteiger partial charge >= 0.3 is 17.9 Å². The molecule has 0 saturated heterocycles. The van der Waals surface area contributed by atoms with Crippen LogP contribution < -0.4 is 0 Å². The summed E-state index contributed by atoms with van der Waals surface area (Å²) in [5, 5.41) is 0. The van der Waals surface area contributed by atoms with Crippen LogP contribution in [-0.4, -0.2) is 37.2 Å². The summed E-state index contributed by atoms with van der Waals surface area (Å²) in [6, 6.07) is 0. The van der Waals surface area contributed by atoms with Crippen LogP contribution in [0, 0.1) is 0 Å². The van der Waals surface area contributed by atoms with E-state index >= 15 is 0 Å². The normalized spacial score (nSPS) is 12.0. The van der Waals surface area contributed by atoms with Crippen LogP contribution in [0.4, 0.5) is 0 Å². The van der Waals surface area contributed by atoms with Gasteiger partial charge in [0, 0.05) is 19.3 Å². The van der Waals surface area contributed by atoms with Crippen molar-refractivity contribution in [1.82, 2.24) is 0 Å². The van der Waals surface area contributed by atoms with Crippen LogP contribution in [0.15, 0.2) is 12.2 Å². The molecule has 0 aromatic carbocycles. The van der Waals surface area contributed by atoms with Crippen molar-refractivity contribution in [3.05, 3.63) is 12.2 Å². The van der Waals surface area contributed by atoms with Crippen molar-refractivity contribution < 1.29 is 28.6 Å². The average Bonchev–Trinajstić information content (AvgIpc) is 3.35. The Hall–Kier alpha value is -1.85. The lowest BCUT2D eigenvalue weighted by Crippen LogP contribution is -2.30. The van der Waals surface area contributed by atoms with Gasteiger partial charge < -0.3 is 14.2 Å². The molecule has 6 heteroatoms. The molecule has 69 heavy (non-hydrogen) atoms. The van der Waals surface area contributed by atoms with E-state index in [4.69, 9.17) is 14.2 Å². The van der Waals surface area contributed by atoms with Gasteiger partial charge in [-0.15, -0.1) is 0 Å². The zero-order valence-electron chi connectivity index (χ0n) is 46.9. The lowest BCUT2D eigenvalue weighted by Gasteiger charge is -2.18. The molecular weight excluding hydrogens is 853 g/mol. The van der Waals surface area contributed by atoms with Crippen LogP contribution in [0.2, 0.25) is 0 Å². The fraction of sp³-hybridized carbons (Fsp3) is 0.921. The molecule has 0 aliphatic heterocycles. The Balaban J connectivity index is 4.15. The summed E-state index contributed by atoms with van der Waals surface area (Å²) in [6.07, 6.45) is 68.0. The van der Waals surface area contributed by atoms with E-state index in [1.54, 1.807) is 0 Å². The number of carbonyl (C=O) groups is 3. The monoisotopic (exact) mass is 973 g/mol. The predicted octanol–water partition coefficient (Wildman–Crippen LogP) is 20.9. The summed E-state index contributed by atoms with van der Waals surface area (Å²) >= 11 is 0. The first-order chi connectivity index (χ1) is 34.0. The fourth-order valence-corrected chi connectivity index (χ4v) is 9.56. The van der Waals surface area contributed by atoms with Gasteiger partial charge in [-0.3, -0.25) is 14.4 Å². The number of hydrogen-bond acceptors (Lipinski definition) is 6. The maximum absolute atomic E-state index is 12.9. The molecule has 0 amide bonds. The topological polar surface area (TPSA) is 78.9 Å². The third kappa shape index (κ3) is 56.9. The third-order valence-electron chi connectivity index (χ3n) is 14.3. The van der Waals surface area contributed by atoms with Crippen molar-refractivity contribution in [3.8, 4) is 0 Å². The highest BCUT2D eigenvalue weighted by molar-refractivity contribution is 5.71. The molecule has 1 unspecified atom stereocenters. The van der Waals surface area contributed by atoms with Gasteiger partial charge in [0.25, 0.3) is 0 Å². The molecule has 6 nitrogen and oxygen atoms in total. The van der Waals surface area contributed by atoms with Gasteiger partial charge in [-0.05, 0) is 44.9 Å². The highest BCUT2D eigenvalue weighted by Crippen LogP contribution is 2.18. The van der Waals surface area contributed by atoms with Gasteiger partial charge in [-0.1, -0.05) is 303 Å². The Kier molecular flexibility index (Phi) is 57.1. The highest BCUT2D eigenvalue weighted by Gasteiger charge is 2.19. The van der Waals surface area contributed by atoms with Crippen molar-refractivity contribution in [2.24, 2.45) is 0 Å². The summed E-state index contributed by atoms with van der Waals surface area (Å²) in [7, 11) is 0. The SMILES string of the molecule is CCCCCCCCCC/C=C\CCCCCCCCCCCCCCCC(=O)OCC(COC(=O)CCCCCCCCCCCC)OC(=O)CCCCCCCCCCCCCCCCCC. The molecule has 0 spiro atoms. The Bertz CT molecular complexity index is 1070. The minimum absolute atomic E-state index is 0.0636. The van der Waals surface area contributed by atoms with Crippen LogP contribution in [0.5, 0.6) is 0 Å². The van der Waals surface area contributed by atoms with E-state index in [-0.39, 0.29) is 31.1 Å². The first-order valence-electron chi connectivity index (χ1n) is 31.2. The summed E-state index contributed by atoms with van der Waals surface area (Å²) in [4.78, 5) is 38.1. The Labute approximate surface area is 431 Å². The second-order valence-corrected chi connectivity index (χ2v) is 21.3. The maximum atomic E-state index is 12.9. The molecule has 0 heterocycles. The molecule has 0 bridgehead atoms. The number of carbonyl (C=O) groups excluding carboxylic acids is 3. The van der Waals surface area contributed by atoms with Crippen LogP contribution in [-0.2, 0) is 28.6 Å². The van der Waals surface area contributed by atoms with Crippen LogP contribution >= 0.6 is 0 Å². The number of esters is 3. The fourth-order valence-electron chi connectivity index (χ4n) is 9.56. The summed E-state index contributed by atoms with van der Waals surface area (Å²) in [5.41, 5.74) is 0. The van der Waals surface area contributed by atoms with Crippen molar-refractivity contribution in [3.63, 3.8) is 0 Å². The third-order valence-corrected chi connectivity index (χ3v) is 14.3. The van der Waals surface area contributed by atoms with Gasteiger partial charge in [-0.2, -0.15) is 0 Å². The van der Waals surface area contributed by atoms with E-state index in [9.17, 15) is 14.4 Å². The minimum atomic E-state index is -0.763. The zero-order valence-corrected chi connectivity index (χ0v) is 46.9. The van der Waals surface area contributed by atoms with E-state index in [0.29, 0.717) is 19.3 Å². The number of ether oxygens (including phenoxy) is 3. The number of hydrogen-bond donors (Lipinski definition) is 0. The van der Waals surface area contributed by atoms with Crippen LogP contribution in [0.1, 0.15) is 355 Å². The molecule has 0 radical (unpaired) electrons. The summed E-state index contributed by atoms with van der Waals surface area (Å²) in [6.45, 7) is 6.69. The summed E-state index contributed by atoms with van der Waals surface area (Å²) < 4.78 is 16.9. The average molecular weight is 974 g/mol. The van der Waals surface area contributed by atoms with Gasteiger partial charge in [0.05, 0.1) is 0 Å². The summed E-state index contributed by atoms with van der Waals surface area (Å²) in [5.74, 6) is -0.838. The van der Waals surface area contributed by atoms with Crippen LogP contribution in [0.3, 0.4) is 0 Å². The van der Waals surface area contributed by atoms with Crippen molar-refractivity contribution >= 4 is 17.9 Å². The highest BCUT2D eigenvalue weighted by atomic mass is 16.6. The zero-order chi connectivity index (χ0) is 50.0. The van der Waals surface area contributed by atoms with E-state index in [1.165, 1.54) is 257 Å². The number of rotatable bonds is 58. The largest absolute Gasteiger partial charge is 0.462 e. The molecule has 0 rings (SSSR count). The molecule has 0 aliphatic carbocycles. The Morgan fingerprint density at radius 2 is 0.478 bits per heavy atom. The van der Waals surface area contributed by atoms with Gasteiger partial charge in [-0.25, -0.2) is 0 Å². The van der Waals surface area contributed by atoms with E-state index in [0.717, 1.165) is 57.8 Å². The Morgan fingerprint density at radius 1 is 0.275 bits per heavy atom. The van der Waals surface area contributed by atoms with Crippen molar-refractivity contribution in [1.29, 1.82) is 0 Å². The van der Waals surface area contributed by atoms with Gasteiger partial charge in [0.15, 0.2) is 6.10 Å². The van der Waals surface area contributed by atoms with Gasteiger partial charge in [0.2, 0.25) is 0 Å². The van der Waals surface area contributed by atoms with Crippen LogP contribution in [0.25, 0.3) is 0 Å². The first-order valence-corrected chi connectivity index (χ1v) is 31.2. The molecule has 1 atom stereocenters. The van der Waals surface area contributed by atoms with E-state index in [2.05, 4.69) is 32.9 Å². The molecule has 0 saturated carbocycles. The molecule has 0 aromatic rings. The molecule has 0 fully saturated rings. The second-order valence-electron chi connectivity index (χ2n) is 21.3. The first kappa shape index (κ1) is 67.1. The Morgan fingerprint density at radius 3 is 0.725 bits per heavy atom. The smallest absolute Gasteiger partial charge is 0.306 e. The predicted molar refractivity (Wildman–Crippen MR) is 298 cm³/mol. The maximum Gasteiger partial charge on any atom is 0.306 e. The second kappa shape index (κ2) is 58.7. The van der Waals surface area contributed by atoms with E-state index < -0.39 is 6.10 Å². The quantitative estimate of drug-likeness (QED) is 0.0261. The standard InChI is InChI=1S/C63H120O6/c1-4-7-10-13-16-19-22-24-26-28-29-30-31-32-33-34-35-36-38-39-41-44-47-50-53-56-62(65)68-59-60(58-67-61(64)55-52-49-46-43-21-18-15-12-9-6-3)69-63(66)57-54-51-48-45-42-40-37-27-25-23-20-17-14-11-8-5-2/h28-29,60H,4-27,30-59H2,1-3H3/b29-28-. The lowest BCUT2D eigenvalue weighted by molar-refractivity contribution is -0.167. The molecular formula is C63H120O6. The minimum Gasteiger partial charge on any atom is -0.462 e. The lowest BCUT2D eigenvalue weighted by atomic mass is 10.0. The molecule has 0 aliphatic rings. The van der Waals surface area contributed by atoms with E-state index in [1.807, 2.05) is 0 Å². The van der Waals surface area contributed by atoms with Gasteiger partial charge in [0.1, 0.15) is 13.2 Å². The van der Waals surface area contributed by atoms with Crippen molar-refractivity contribution in [2.75, 3.05) is 13.2 Å².